The predicted octanol–water partition coefficient (Wildman–Crippen LogP) is 6.98. The maximum Gasteiger partial charge on any atom is 0.0540 e. The Balaban J connectivity index is 1.48. The largest absolute Gasteiger partial charge is 0.301 e. The zero-order chi connectivity index (χ0) is 19.8. The van der Waals surface area contributed by atoms with Gasteiger partial charge in [-0.25, -0.2) is 0 Å². The molecule has 0 amide bonds. The summed E-state index contributed by atoms with van der Waals surface area (Å²) in [5.74, 6) is 0. The number of benzene rings is 4. The van der Waals surface area contributed by atoms with Crippen LogP contribution in [0.25, 0.3) is 22.3 Å². The van der Waals surface area contributed by atoms with E-state index in [2.05, 4.69) is 79.3 Å². The molecular weight excluding hydrogens is 352 g/mol. The molecule has 0 radical (unpaired) electrons. The lowest BCUT2D eigenvalue weighted by molar-refractivity contribution is 1.23. The van der Waals surface area contributed by atoms with E-state index < -0.39 is 0 Å². The Morgan fingerprint density at radius 1 is 0.655 bits per heavy atom. The molecule has 0 saturated heterocycles. The summed E-state index contributed by atoms with van der Waals surface area (Å²) in [7, 11) is 0. The molecule has 2 heteroatoms. The standard InChI is InChI=1S/C27H24N2/c1-18-16-25-24-11-7-6-8-21(24)17-26(25)27(19(18)2)20-12-14-23(15-13-20)29-28-22-9-4-3-5-10-22/h3-16,28-29H,17H2,1-2H3. The van der Waals surface area contributed by atoms with Crippen LogP contribution in [-0.4, -0.2) is 0 Å². The summed E-state index contributed by atoms with van der Waals surface area (Å²) in [5, 5.41) is 0. The van der Waals surface area contributed by atoms with Crippen LogP contribution in [0.5, 0.6) is 0 Å². The molecule has 4 aromatic carbocycles. The second-order valence-corrected chi connectivity index (χ2v) is 7.75. The minimum Gasteiger partial charge on any atom is -0.301 e. The SMILES string of the molecule is Cc1cc2c(c(-c3ccc(NNc4ccccc4)cc3)c1C)Cc1ccccc1-2. The Hall–Kier alpha value is -3.52. The van der Waals surface area contributed by atoms with Gasteiger partial charge in [0.1, 0.15) is 0 Å². The highest BCUT2D eigenvalue weighted by Crippen LogP contribution is 2.44. The van der Waals surface area contributed by atoms with Gasteiger partial charge >= 0.3 is 0 Å². The molecule has 1 aliphatic carbocycles. The molecule has 0 atom stereocenters. The second-order valence-electron chi connectivity index (χ2n) is 7.75. The fourth-order valence-corrected chi connectivity index (χ4v) is 4.30. The maximum absolute atomic E-state index is 3.28. The zero-order valence-corrected chi connectivity index (χ0v) is 16.8. The number of aryl methyl sites for hydroxylation is 1. The number of hydrogen-bond donors (Lipinski definition) is 2. The summed E-state index contributed by atoms with van der Waals surface area (Å²) < 4.78 is 0. The molecule has 2 N–H and O–H groups in total. The number of rotatable bonds is 4. The lowest BCUT2D eigenvalue weighted by Crippen LogP contribution is -2.08. The lowest BCUT2D eigenvalue weighted by Gasteiger charge is -2.16. The number of anilines is 2. The Bertz CT molecular complexity index is 1180. The zero-order valence-electron chi connectivity index (χ0n) is 16.8. The first-order valence-electron chi connectivity index (χ1n) is 10.1. The highest BCUT2D eigenvalue weighted by Gasteiger charge is 2.23. The minimum absolute atomic E-state index is 1.01. The van der Waals surface area contributed by atoms with Gasteiger partial charge in [-0.15, -0.1) is 0 Å². The van der Waals surface area contributed by atoms with Crippen LogP contribution in [0.4, 0.5) is 11.4 Å². The van der Waals surface area contributed by atoms with Crippen LogP contribution < -0.4 is 10.9 Å². The Morgan fingerprint density at radius 2 is 1.31 bits per heavy atom. The van der Waals surface area contributed by atoms with E-state index in [0.29, 0.717) is 0 Å². The van der Waals surface area contributed by atoms with Crippen molar-refractivity contribution in [2.24, 2.45) is 0 Å². The van der Waals surface area contributed by atoms with Crippen molar-refractivity contribution < 1.29 is 0 Å². The van der Waals surface area contributed by atoms with Crippen molar-refractivity contribution in [2.75, 3.05) is 10.9 Å². The lowest BCUT2D eigenvalue weighted by atomic mass is 9.89. The van der Waals surface area contributed by atoms with Crippen LogP contribution in [0.1, 0.15) is 22.3 Å². The van der Waals surface area contributed by atoms with E-state index in [1.807, 2.05) is 30.3 Å². The molecule has 0 fully saturated rings. The number of nitrogens with one attached hydrogen (secondary N) is 2. The fourth-order valence-electron chi connectivity index (χ4n) is 4.30. The fraction of sp³-hybridized carbons (Fsp3) is 0.111. The van der Waals surface area contributed by atoms with E-state index in [1.165, 1.54) is 44.5 Å². The van der Waals surface area contributed by atoms with Gasteiger partial charge in [0.25, 0.3) is 0 Å². The molecular formula is C27H24N2. The summed E-state index contributed by atoms with van der Waals surface area (Å²) in [6, 6.07) is 30.0. The topological polar surface area (TPSA) is 24.1 Å². The number of hydrogen-bond acceptors (Lipinski definition) is 2. The molecule has 5 rings (SSSR count). The van der Waals surface area contributed by atoms with Crippen molar-refractivity contribution in [3.63, 3.8) is 0 Å². The second kappa shape index (κ2) is 7.14. The van der Waals surface area contributed by atoms with E-state index in [4.69, 9.17) is 0 Å². The predicted molar refractivity (Wildman–Crippen MR) is 123 cm³/mol. The monoisotopic (exact) mass is 376 g/mol. The smallest absolute Gasteiger partial charge is 0.0540 e. The van der Waals surface area contributed by atoms with E-state index in [-0.39, 0.29) is 0 Å². The third kappa shape index (κ3) is 3.17. The molecule has 29 heavy (non-hydrogen) atoms. The maximum atomic E-state index is 3.28. The van der Waals surface area contributed by atoms with Gasteiger partial charge in [0.2, 0.25) is 0 Å². The first-order valence-corrected chi connectivity index (χ1v) is 10.1. The van der Waals surface area contributed by atoms with Crippen LogP contribution >= 0.6 is 0 Å². The van der Waals surface area contributed by atoms with E-state index >= 15 is 0 Å². The number of hydrazine groups is 1. The molecule has 0 heterocycles. The van der Waals surface area contributed by atoms with Gasteiger partial charge in [-0.3, -0.25) is 0 Å². The highest BCUT2D eigenvalue weighted by atomic mass is 15.4. The van der Waals surface area contributed by atoms with Gasteiger partial charge in [-0.2, -0.15) is 0 Å². The summed E-state index contributed by atoms with van der Waals surface area (Å²) in [6.07, 6.45) is 1.01. The Labute approximate surface area is 172 Å². The van der Waals surface area contributed by atoms with Gasteiger partial charge in [0.15, 0.2) is 0 Å². The molecule has 0 unspecified atom stereocenters. The molecule has 0 saturated carbocycles. The molecule has 0 bridgehead atoms. The summed E-state index contributed by atoms with van der Waals surface area (Å²) in [4.78, 5) is 0. The van der Waals surface area contributed by atoms with E-state index in [9.17, 15) is 0 Å². The van der Waals surface area contributed by atoms with Gasteiger partial charge in [-0.1, -0.05) is 60.7 Å². The highest BCUT2D eigenvalue weighted by molar-refractivity contribution is 5.87. The molecule has 1 aliphatic rings. The normalized spacial score (nSPS) is 11.7. The third-order valence-electron chi connectivity index (χ3n) is 5.93. The van der Waals surface area contributed by atoms with Crippen LogP contribution in [0.2, 0.25) is 0 Å². The van der Waals surface area contributed by atoms with Gasteiger partial charge < -0.3 is 10.9 Å². The van der Waals surface area contributed by atoms with Gasteiger partial charge in [-0.05, 0) is 89.0 Å². The third-order valence-corrected chi connectivity index (χ3v) is 5.93. The van der Waals surface area contributed by atoms with Crippen LogP contribution in [-0.2, 0) is 6.42 Å². The van der Waals surface area contributed by atoms with Crippen molar-refractivity contribution in [2.45, 2.75) is 20.3 Å². The van der Waals surface area contributed by atoms with Crippen molar-refractivity contribution in [1.29, 1.82) is 0 Å². The molecule has 142 valence electrons. The number of fused-ring (bicyclic) bond motifs is 3. The van der Waals surface area contributed by atoms with Crippen LogP contribution in [0.3, 0.4) is 0 Å². The van der Waals surface area contributed by atoms with E-state index in [1.54, 1.807) is 0 Å². The average molecular weight is 377 g/mol. The first kappa shape index (κ1) is 17.6. The minimum atomic E-state index is 1.01. The summed E-state index contributed by atoms with van der Waals surface area (Å²) in [5.41, 5.74) is 19.7. The Morgan fingerprint density at radius 3 is 2.07 bits per heavy atom. The van der Waals surface area contributed by atoms with Crippen molar-refractivity contribution in [3.8, 4) is 22.3 Å². The summed E-state index contributed by atoms with van der Waals surface area (Å²) >= 11 is 0. The van der Waals surface area contributed by atoms with Gasteiger partial charge in [0.05, 0.1) is 11.4 Å². The molecule has 0 spiro atoms. The molecule has 2 nitrogen and oxygen atoms in total. The average Bonchev–Trinajstić information content (AvgIpc) is 3.12. The first-order chi connectivity index (χ1) is 14.2. The molecule has 4 aromatic rings. The van der Waals surface area contributed by atoms with Gasteiger partial charge in [0, 0.05) is 0 Å². The van der Waals surface area contributed by atoms with Crippen LogP contribution in [0, 0.1) is 13.8 Å². The van der Waals surface area contributed by atoms with E-state index in [0.717, 1.165) is 17.8 Å². The van der Waals surface area contributed by atoms with Crippen molar-refractivity contribution in [3.05, 3.63) is 107 Å². The van der Waals surface area contributed by atoms with Crippen molar-refractivity contribution in [1.82, 2.24) is 0 Å². The molecule has 0 aromatic heterocycles. The summed E-state index contributed by atoms with van der Waals surface area (Å²) in [6.45, 7) is 4.47. The molecule has 0 aliphatic heterocycles. The van der Waals surface area contributed by atoms with Crippen molar-refractivity contribution >= 4 is 11.4 Å². The Kier molecular flexibility index (Phi) is 4.33. The number of para-hydroxylation sites is 1. The quantitative estimate of drug-likeness (QED) is 0.331. The van der Waals surface area contributed by atoms with Crippen LogP contribution in [0.15, 0.2) is 84.9 Å².